The van der Waals surface area contributed by atoms with Gasteiger partial charge in [-0.3, -0.25) is 4.90 Å². The molecule has 3 heterocycles. The number of nitrogens with zero attached hydrogens (tertiary/aromatic N) is 2. The summed E-state index contributed by atoms with van der Waals surface area (Å²) in [6.07, 6.45) is 4.89. The fourth-order valence-corrected chi connectivity index (χ4v) is 10.7. The molecule has 2 bridgehead atoms. The zero-order chi connectivity index (χ0) is 26.5. The Kier molecular flexibility index (Phi) is 6.47. The number of hydrogen-bond acceptors (Lipinski definition) is 4. The molecule has 3 atom stereocenters. The zero-order valence-electron chi connectivity index (χ0n) is 23.6. The van der Waals surface area contributed by atoms with Gasteiger partial charge in [0.05, 0.1) is 19.1 Å². The minimum Gasteiger partial charge on any atom is -0.497 e. The van der Waals surface area contributed by atoms with E-state index in [-0.39, 0.29) is 11.1 Å². The van der Waals surface area contributed by atoms with Crippen LogP contribution in [0.15, 0.2) is 78.1 Å². The van der Waals surface area contributed by atoms with Gasteiger partial charge in [0.25, 0.3) is 0 Å². The maximum absolute atomic E-state index is 6.95. The highest BCUT2D eigenvalue weighted by Gasteiger charge is 2.70. The van der Waals surface area contributed by atoms with Crippen molar-refractivity contribution in [2.45, 2.75) is 69.4 Å². The molecule has 1 spiro atoms. The van der Waals surface area contributed by atoms with Crippen LogP contribution in [0.5, 0.6) is 5.75 Å². The van der Waals surface area contributed by atoms with Gasteiger partial charge in [-0.15, -0.1) is 5.73 Å². The van der Waals surface area contributed by atoms with E-state index in [1.165, 1.54) is 46.1 Å². The lowest BCUT2D eigenvalue weighted by Gasteiger charge is -2.58. The van der Waals surface area contributed by atoms with Gasteiger partial charge in [0.15, 0.2) is 8.32 Å². The molecule has 4 nitrogen and oxygen atoms in total. The molecule has 0 amide bonds. The van der Waals surface area contributed by atoms with Crippen molar-refractivity contribution >= 4 is 14.0 Å². The molecular weight excluding hydrogens is 484 g/mol. The van der Waals surface area contributed by atoms with Gasteiger partial charge in [-0.05, 0) is 71.4 Å². The largest absolute Gasteiger partial charge is 0.497 e. The van der Waals surface area contributed by atoms with E-state index in [0.717, 1.165) is 44.8 Å². The van der Waals surface area contributed by atoms with Crippen LogP contribution in [0.4, 0.5) is 5.69 Å². The third-order valence-electron chi connectivity index (χ3n) is 10.5. The van der Waals surface area contributed by atoms with Gasteiger partial charge in [0.1, 0.15) is 11.4 Å². The Morgan fingerprint density at radius 1 is 1.05 bits per heavy atom. The third kappa shape index (κ3) is 3.49. The number of piperidine rings is 1. The Morgan fingerprint density at radius 3 is 2.47 bits per heavy atom. The van der Waals surface area contributed by atoms with Crippen LogP contribution in [0.25, 0.3) is 0 Å². The van der Waals surface area contributed by atoms with Gasteiger partial charge >= 0.3 is 0 Å². The molecule has 0 radical (unpaired) electrons. The Morgan fingerprint density at radius 2 is 1.79 bits per heavy atom. The van der Waals surface area contributed by atoms with Gasteiger partial charge in [0, 0.05) is 31.2 Å². The van der Waals surface area contributed by atoms with Crippen LogP contribution in [-0.2, 0) is 16.4 Å². The van der Waals surface area contributed by atoms with Gasteiger partial charge in [-0.1, -0.05) is 63.8 Å². The van der Waals surface area contributed by atoms with E-state index < -0.39 is 8.32 Å². The summed E-state index contributed by atoms with van der Waals surface area (Å²) in [5.41, 5.74) is 10.3. The highest BCUT2D eigenvalue weighted by molar-refractivity contribution is 6.73. The van der Waals surface area contributed by atoms with Crippen molar-refractivity contribution in [1.29, 1.82) is 0 Å². The number of fused-ring (bicyclic) bond motifs is 2. The number of ether oxygens (including phenoxy) is 1. The second-order valence-corrected chi connectivity index (χ2v) is 16.4. The standard InChI is InChI=1S/C33H42N2O2Si/c1-6-26-23-34-19-18-32-20-27(24-37-38(7-2,8-3)9-4)29(26)21-33(32,34)35(31-13-11-10-12-30(31)32)22-25-14-16-28(36-5)17-15-25/h10-17,20,29H,1,7-9,18-19,21-24H2,2-5H3/t29?,32-,33-/m1/s1. The minimum absolute atomic E-state index is 0.0210. The molecule has 3 aliphatic heterocycles. The summed E-state index contributed by atoms with van der Waals surface area (Å²) >= 11 is 0. The topological polar surface area (TPSA) is 24.9 Å². The van der Waals surface area contributed by atoms with Crippen molar-refractivity contribution in [3.8, 4) is 5.75 Å². The van der Waals surface area contributed by atoms with Crippen LogP contribution in [0.1, 0.15) is 44.7 Å². The third-order valence-corrected chi connectivity index (χ3v) is 15.1. The van der Waals surface area contributed by atoms with E-state index >= 15 is 0 Å². The summed E-state index contributed by atoms with van der Waals surface area (Å²) in [5.74, 6) is 1.25. The number of methoxy groups -OCH3 is 1. The predicted molar refractivity (Wildman–Crippen MR) is 158 cm³/mol. The first kappa shape index (κ1) is 25.7. The normalized spacial score (nSPS) is 27.6. The molecule has 4 aliphatic rings. The van der Waals surface area contributed by atoms with Crippen LogP contribution < -0.4 is 9.64 Å². The van der Waals surface area contributed by atoms with Crippen LogP contribution in [0.3, 0.4) is 0 Å². The first-order chi connectivity index (χ1) is 18.5. The Balaban J connectivity index is 1.47. The van der Waals surface area contributed by atoms with E-state index in [2.05, 4.69) is 97.5 Å². The van der Waals surface area contributed by atoms with Crippen molar-refractivity contribution in [3.05, 3.63) is 89.2 Å². The molecule has 2 aromatic carbocycles. The van der Waals surface area contributed by atoms with Gasteiger partial charge in [-0.25, -0.2) is 0 Å². The Labute approximate surface area is 229 Å². The van der Waals surface area contributed by atoms with E-state index in [1.807, 2.05) is 0 Å². The van der Waals surface area contributed by atoms with E-state index in [0.29, 0.717) is 5.92 Å². The van der Waals surface area contributed by atoms with E-state index in [4.69, 9.17) is 9.16 Å². The Bertz CT molecular complexity index is 1280. The lowest BCUT2D eigenvalue weighted by atomic mass is 9.60. The van der Waals surface area contributed by atoms with Crippen molar-refractivity contribution in [2.24, 2.45) is 5.92 Å². The summed E-state index contributed by atoms with van der Waals surface area (Å²) in [4.78, 5) is 5.49. The second kappa shape index (κ2) is 9.57. The minimum atomic E-state index is -1.70. The van der Waals surface area contributed by atoms with Gasteiger partial charge in [0.2, 0.25) is 0 Å². The smallest absolute Gasteiger partial charge is 0.192 e. The number of benzene rings is 2. The molecule has 0 aromatic heterocycles. The first-order valence-electron chi connectivity index (χ1n) is 14.5. The van der Waals surface area contributed by atoms with E-state index in [9.17, 15) is 0 Å². The quantitative estimate of drug-likeness (QED) is 0.199. The second-order valence-electron chi connectivity index (χ2n) is 11.6. The fraction of sp³-hybridized carbons (Fsp3) is 0.485. The molecule has 2 fully saturated rings. The maximum Gasteiger partial charge on any atom is 0.192 e. The number of anilines is 1. The molecule has 6 rings (SSSR count). The maximum atomic E-state index is 6.95. The predicted octanol–water partition coefficient (Wildman–Crippen LogP) is 7.05. The molecule has 2 aromatic rings. The molecule has 1 unspecified atom stereocenters. The summed E-state index contributed by atoms with van der Waals surface area (Å²) in [7, 11) is 0.0365. The summed E-state index contributed by atoms with van der Waals surface area (Å²) in [6.45, 7) is 14.8. The van der Waals surface area contributed by atoms with E-state index in [1.54, 1.807) is 7.11 Å². The highest BCUT2D eigenvalue weighted by Crippen LogP contribution is 2.67. The van der Waals surface area contributed by atoms with Crippen molar-refractivity contribution < 1.29 is 9.16 Å². The number of rotatable bonds is 9. The zero-order valence-corrected chi connectivity index (χ0v) is 24.6. The SMILES string of the molecule is C=C=C1CN2CC[C@]34C=C(CO[Si](CC)(CC)CC)C1C[C@]23N(Cc1ccc(OC)cc1)c1ccccc14. The fourth-order valence-electron chi connectivity index (χ4n) is 8.16. The van der Waals surface area contributed by atoms with Crippen molar-refractivity contribution in [2.75, 3.05) is 31.7 Å². The van der Waals surface area contributed by atoms with Gasteiger partial charge < -0.3 is 14.1 Å². The summed E-state index contributed by atoms with van der Waals surface area (Å²) in [5, 5.41) is 0. The van der Waals surface area contributed by atoms with Crippen molar-refractivity contribution in [3.63, 3.8) is 0 Å². The van der Waals surface area contributed by atoms with Crippen LogP contribution in [0, 0.1) is 5.92 Å². The molecule has 1 aliphatic carbocycles. The molecule has 0 saturated carbocycles. The lowest BCUT2D eigenvalue weighted by molar-refractivity contribution is 0.0538. The van der Waals surface area contributed by atoms with Crippen LogP contribution in [-0.4, -0.2) is 45.7 Å². The number of hydrogen-bond donors (Lipinski definition) is 0. The van der Waals surface area contributed by atoms with Crippen molar-refractivity contribution in [1.82, 2.24) is 4.90 Å². The average Bonchev–Trinajstić information content (AvgIpc) is 3.44. The van der Waals surface area contributed by atoms with Crippen LogP contribution >= 0.6 is 0 Å². The van der Waals surface area contributed by atoms with Crippen LogP contribution in [0.2, 0.25) is 18.1 Å². The van der Waals surface area contributed by atoms with Gasteiger partial charge in [-0.2, -0.15) is 0 Å². The molecule has 200 valence electrons. The monoisotopic (exact) mass is 526 g/mol. The molecular formula is C33H42N2O2Si. The summed E-state index contributed by atoms with van der Waals surface area (Å²) in [6, 6.07) is 21.3. The average molecular weight is 527 g/mol. The first-order valence-corrected chi connectivity index (χ1v) is 17.0. The molecule has 0 N–H and O–H groups in total. The summed E-state index contributed by atoms with van der Waals surface area (Å²) < 4.78 is 12.4. The molecule has 5 heteroatoms. The lowest BCUT2D eigenvalue weighted by Crippen LogP contribution is -2.67. The molecule has 2 saturated heterocycles. The Hall–Kier alpha value is -2.56. The highest BCUT2D eigenvalue weighted by atomic mass is 28.4. The molecule has 38 heavy (non-hydrogen) atoms. The number of para-hydroxylation sites is 1.